The van der Waals surface area contributed by atoms with Crippen molar-refractivity contribution in [2.24, 2.45) is 17.6 Å². The number of amides is 1. The summed E-state index contributed by atoms with van der Waals surface area (Å²) < 4.78 is 0. The first-order valence-electron chi connectivity index (χ1n) is 6.33. The molecular weight excluding hydrogens is 212 g/mol. The molecular formula is C14H18N2O. The molecule has 1 aromatic rings. The summed E-state index contributed by atoms with van der Waals surface area (Å²) in [6.07, 6.45) is 2.67. The molecule has 2 aliphatic rings. The molecule has 90 valence electrons. The molecule has 3 nitrogen and oxygen atoms in total. The van der Waals surface area contributed by atoms with E-state index in [0.29, 0.717) is 12.3 Å². The summed E-state index contributed by atoms with van der Waals surface area (Å²) >= 11 is 0. The molecule has 1 heterocycles. The Hall–Kier alpha value is -1.35. The van der Waals surface area contributed by atoms with Crippen molar-refractivity contribution < 1.29 is 4.79 Å². The van der Waals surface area contributed by atoms with Gasteiger partial charge in [-0.2, -0.15) is 0 Å². The van der Waals surface area contributed by atoms with Crippen LogP contribution < -0.4 is 11.1 Å². The van der Waals surface area contributed by atoms with Crippen LogP contribution in [0, 0.1) is 11.8 Å². The second-order valence-electron chi connectivity index (χ2n) is 5.37. The van der Waals surface area contributed by atoms with Crippen LogP contribution in [0.5, 0.6) is 0 Å². The van der Waals surface area contributed by atoms with E-state index in [-0.39, 0.29) is 11.9 Å². The Morgan fingerprint density at radius 1 is 1.41 bits per heavy atom. The van der Waals surface area contributed by atoms with Gasteiger partial charge in [0.25, 0.3) is 0 Å². The molecule has 3 unspecified atom stereocenters. The van der Waals surface area contributed by atoms with Crippen LogP contribution in [-0.4, -0.2) is 5.91 Å². The molecule has 1 aliphatic carbocycles. The van der Waals surface area contributed by atoms with E-state index in [0.717, 1.165) is 18.0 Å². The highest BCUT2D eigenvalue weighted by Gasteiger charge is 2.38. The fraction of sp³-hybridized carbons (Fsp3) is 0.500. The number of aryl methyl sites for hydroxylation is 1. The monoisotopic (exact) mass is 230 g/mol. The number of rotatable bonds is 2. The maximum Gasteiger partial charge on any atom is 0.224 e. The van der Waals surface area contributed by atoms with E-state index in [4.69, 9.17) is 5.73 Å². The molecule has 0 radical (unpaired) electrons. The minimum Gasteiger partial charge on any atom is -0.326 e. The molecule has 0 aromatic heterocycles. The first-order valence-corrected chi connectivity index (χ1v) is 6.33. The lowest BCUT2D eigenvalue weighted by atomic mass is 9.95. The van der Waals surface area contributed by atoms with Crippen molar-refractivity contribution in [2.75, 3.05) is 5.32 Å². The van der Waals surface area contributed by atoms with Crippen LogP contribution in [-0.2, 0) is 11.2 Å². The summed E-state index contributed by atoms with van der Waals surface area (Å²) in [5.41, 5.74) is 9.67. The zero-order valence-electron chi connectivity index (χ0n) is 10.1. The van der Waals surface area contributed by atoms with Gasteiger partial charge in [0, 0.05) is 18.2 Å². The number of hydrogen-bond acceptors (Lipinski definition) is 2. The zero-order valence-corrected chi connectivity index (χ0v) is 10.1. The smallest absolute Gasteiger partial charge is 0.224 e. The molecule has 3 atom stereocenters. The number of benzene rings is 1. The lowest BCUT2D eigenvalue weighted by molar-refractivity contribution is -0.116. The van der Waals surface area contributed by atoms with Gasteiger partial charge in [-0.05, 0) is 41.9 Å². The lowest BCUT2D eigenvalue weighted by Crippen LogP contribution is -2.20. The Morgan fingerprint density at radius 2 is 2.18 bits per heavy atom. The van der Waals surface area contributed by atoms with Crippen LogP contribution in [0.1, 0.15) is 36.9 Å². The van der Waals surface area contributed by atoms with Crippen molar-refractivity contribution in [1.82, 2.24) is 0 Å². The van der Waals surface area contributed by atoms with Crippen molar-refractivity contribution in [3.05, 3.63) is 29.3 Å². The van der Waals surface area contributed by atoms with Crippen LogP contribution in [0.3, 0.4) is 0 Å². The standard InChI is InChI=1S/C14H18N2O/c1-8-6-11(8)14(15)10-2-4-12-9(7-10)3-5-13(17)16-12/h2,4,7-8,11,14H,3,5-6,15H2,1H3,(H,16,17). The topological polar surface area (TPSA) is 55.1 Å². The summed E-state index contributed by atoms with van der Waals surface area (Å²) in [4.78, 5) is 11.3. The Kier molecular flexibility index (Phi) is 2.44. The third-order valence-corrected chi connectivity index (χ3v) is 4.04. The number of carbonyl (C=O) groups excluding carboxylic acids is 1. The average molecular weight is 230 g/mol. The van der Waals surface area contributed by atoms with E-state index in [1.54, 1.807) is 0 Å². The maximum atomic E-state index is 11.3. The number of hydrogen-bond donors (Lipinski definition) is 2. The van der Waals surface area contributed by atoms with Gasteiger partial charge in [0.1, 0.15) is 0 Å². The van der Waals surface area contributed by atoms with E-state index < -0.39 is 0 Å². The predicted molar refractivity (Wildman–Crippen MR) is 67.6 cm³/mol. The number of fused-ring (bicyclic) bond motifs is 1. The van der Waals surface area contributed by atoms with Gasteiger partial charge in [0.15, 0.2) is 0 Å². The van der Waals surface area contributed by atoms with Crippen LogP contribution in [0.25, 0.3) is 0 Å². The molecule has 1 saturated carbocycles. The second kappa shape index (κ2) is 3.84. The molecule has 1 fully saturated rings. The predicted octanol–water partition coefficient (Wildman–Crippen LogP) is 2.23. The van der Waals surface area contributed by atoms with E-state index in [2.05, 4.69) is 24.4 Å². The normalized spacial score (nSPS) is 28.2. The molecule has 0 spiro atoms. The van der Waals surface area contributed by atoms with Gasteiger partial charge in [0.2, 0.25) is 5.91 Å². The third kappa shape index (κ3) is 1.95. The summed E-state index contributed by atoms with van der Waals surface area (Å²) in [6, 6.07) is 6.38. The Labute approximate surface area is 101 Å². The van der Waals surface area contributed by atoms with Gasteiger partial charge < -0.3 is 11.1 Å². The van der Waals surface area contributed by atoms with E-state index in [1.165, 1.54) is 17.5 Å². The van der Waals surface area contributed by atoms with Gasteiger partial charge in [-0.1, -0.05) is 19.1 Å². The van der Waals surface area contributed by atoms with Crippen molar-refractivity contribution >= 4 is 11.6 Å². The molecule has 1 amide bonds. The minimum atomic E-state index is 0.116. The molecule has 17 heavy (non-hydrogen) atoms. The van der Waals surface area contributed by atoms with Crippen LogP contribution in [0.4, 0.5) is 5.69 Å². The maximum absolute atomic E-state index is 11.3. The van der Waals surface area contributed by atoms with Crippen molar-refractivity contribution in [3.8, 4) is 0 Å². The van der Waals surface area contributed by atoms with E-state index in [9.17, 15) is 4.79 Å². The van der Waals surface area contributed by atoms with Crippen molar-refractivity contribution in [2.45, 2.75) is 32.2 Å². The number of anilines is 1. The largest absolute Gasteiger partial charge is 0.326 e. The Morgan fingerprint density at radius 3 is 2.88 bits per heavy atom. The highest BCUT2D eigenvalue weighted by atomic mass is 16.1. The van der Waals surface area contributed by atoms with E-state index >= 15 is 0 Å². The fourth-order valence-corrected chi connectivity index (χ4v) is 2.71. The van der Waals surface area contributed by atoms with E-state index in [1.807, 2.05) is 6.07 Å². The number of carbonyl (C=O) groups is 1. The average Bonchev–Trinajstić information content (AvgIpc) is 3.05. The first kappa shape index (κ1) is 10.8. The van der Waals surface area contributed by atoms with Gasteiger partial charge in [-0.25, -0.2) is 0 Å². The molecule has 3 rings (SSSR count). The summed E-state index contributed by atoms with van der Waals surface area (Å²) in [5, 5.41) is 2.90. The van der Waals surface area contributed by atoms with Crippen LogP contribution in [0.2, 0.25) is 0 Å². The zero-order chi connectivity index (χ0) is 12.0. The van der Waals surface area contributed by atoms with Gasteiger partial charge in [-0.15, -0.1) is 0 Å². The first-order chi connectivity index (χ1) is 8.15. The van der Waals surface area contributed by atoms with Crippen molar-refractivity contribution in [3.63, 3.8) is 0 Å². The highest BCUT2D eigenvalue weighted by Crippen LogP contribution is 2.46. The SMILES string of the molecule is CC1CC1C(N)c1ccc2c(c1)CCC(=O)N2. The summed E-state index contributed by atoms with van der Waals surface area (Å²) in [6.45, 7) is 2.25. The van der Waals surface area contributed by atoms with Gasteiger partial charge >= 0.3 is 0 Å². The quantitative estimate of drug-likeness (QED) is 0.818. The molecule has 3 N–H and O–H groups in total. The minimum absolute atomic E-state index is 0.116. The van der Waals surface area contributed by atoms with Crippen LogP contribution in [0.15, 0.2) is 18.2 Å². The summed E-state index contributed by atoms with van der Waals surface area (Å²) in [7, 11) is 0. The number of nitrogens with one attached hydrogen (secondary N) is 1. The second-order valence-corrected chi connectivity index (χ2v) is 5.37. The Bertz CT molecular complexity index is 469. The number of nitrogens with two attached hydrogens (primary N) is 1. The molecule has 0 saturated heterocycles. The van der Waals surface area contributed by atoms with Crippen molar-refractivity contribution in [1.29, 1.82) is 0 Å². The third-order valence-electron chi connectivity index (χ3n) is 4.04. The molecule has 3 heteroatoms. The van der Waals surface area contributed by atoms with Gasteiger partial charge in [-0.3, -0.25) is 4.79 Å². The highest BCUT2D eigenvalue weighted by molar-refractivity contribution is 5.93. The van der Waals surface area contributed by atoms with Crippen LogP contribution >= 0.6 is 0 Å². The molecule has 0 bridgehead atoms. The lowest BCUT2D eigenvalue weighted by Gasteiger charge is -2.19. The fourth-order valence-electron chi connectivity index (χ4n) is 2.71. The molecule has 1 aliphatic heterocycles. The van der Waals surface area contributed by atoms with Gasteiger partial charge in [0.05, 0.1) is 0 Å². The summed E-state index contributed by atoms with van der Waals surface area (Å²) in [5.74, 6) is 1.53. The Balaban J connectivity index is 1.85. The molecule has 1 aromatic carbocycles.